The van der Waals surface area contributed by atoms with Crippen LogP contribution in [0.3, 0.4) is 0 Å². The number of nitrogens with one attached hydrogen (secondary N) is 2. The van der Waals surface area contributed by atoms with Gasteiger partial charge in [-0.05, 0) is 49.1 Å². The van der Waals surface area contributed by atoms with E-state index in [-0.39, 0.29) is 5.91 Å². The van der Waals surface area contributed by atoms with E-state index in [2.05, 4.69) is 45.7 Å². The summed E-state index contributed by atoms with van der Waals surface area (Å²) in [4.78, 5) is 18.5. The van der Waals surface area contributed by atoms with Gasteiger partial charge in [-0.25, -0.2) is 0 Å². The Morgan fingerprint density at radius 1 is 1.17 bits per heavy atom. The van der Waals surface area contributed by atoms with Crippen molar-refractivity contribution in [1.29, 1.82) is 0 Å². The van der Waals surface area contributed by atoms with Crippen LogP contribution >= 0.6 is 0 Å². The monoisotopic (exact) mass is 407 g/mol. The van der Waals surface area contributed by atoms with Gasteiger partial charge in [0.15, 0.2) is 0 Å². The molecule has 6 heteroatoms. The lowest BCUT2D eigenvalue weighted by atomic mass is 9.97. The lowest BCUT2D eigenvalue weighted by Crippen LogP contribution is -2.40. The zero-order chi connectivity index (χ0) is 20.9. The van der Waals surface area contributed by atoms with Crippen molar-refractivity contribution in [1.82, 2.24) is 15.2 Å². The lowest BCUT2D eigenvalue weighted by molar-refractivity contribution is 0.0930. The largest absolute Gasteiger partial charge is 0.497 e. The van der Waals surface area contributed by atoms with Crippen molar-refractivity contribution >= 4 is 16.8 Å². The minimum atomic E-state index is -0.0963. The molecule has 1 amide bonds. The number of amides is 1. The standard InChI is InChI=1S/C24H29N3O3/c1-29-20-10-18(11-21(12-20)30-2)24(28)26-13-17-6-5-9-27(15-17)16-19-14-25-23-8-4-3-7-22(19)23/h3-4,7-8,10-12,14,17,25H,5-6,9,13,15-16H2,1-2H3,(H,26,28)/t17-/m0/s1. The van der Waals surface area contributed by atoms with Gasteiger partial charge in [0.05, 0.1) is 14.2 Å². The lowest BCUT2D eigenvalue weighted by Gasteiger charge is -2.32. The second-order valence-electron chi connectivity index (χ2n) is 7.91. The van der Waals surface area contributed by atoms with Crippen LogP contribution in [-0.2, 0) is 6.54 Å². The van der Waals surface area contributed by atoms with E-state index in [1.54, 1.807) is 32.4 Å². The Morgan fingerprint density at radius 2 is 1.93 bits per heavy atom. The molecule has 30 heavy (non-hydrogen) atoms. The smallest absolute Gasteiger partial charge is 0.251 e. The number of likely N-dealkylation sites (tertiary alicyclic amines) is 1. The summed E-state index contributed by atoms with van der Waals surface area (Å²) in [6, 6.07) is 13.7. The van der Waals surface area contributed by atoms with Gasteiger partial charge in [-0.1, -0.05) is 18.2 Å². The molecule has 0 aliphatic carbocycles. The van der Waals surface area contributed by atoms with Crippen LogP contribution < -0.4 is 14.8 Å². The Bertz CT molecular complexity index is 992. The molecule has 0 radical (unpaired) electrons. The normalized spacial score (nSPS) is 17.1. The van der Waals surface area contributed by atoms with Crippen molar-refractivity contribution in [2.75, 3.05) is 33.9 Å². The second-order valence-corrected chi connectivity index (χ2v) is 7.91. The first-order chi connectivity index (χ1) is 14.7. The third-order valence-corrected chi connectivity index (χ3v) is 5.84. The highest BCUT2D eigenvalue weighted by Crippen LogP contribution is 2.24. The van der Waals surface area contributed by atoms with E-state index >= 15 is 0 Å². The van der Waals surface area contributed by atoms with Gasteiger partial charge in [0.2, 0.25) is 0 Å². The second kappa shape index (κ2) is 9.22. The quantitative estimate of drug-likeness (QED) is 0.625. The van der Waals surface area contributed by atoms with Crippen LogP contribution in [0.5, 0.6) is 11.5 Å². The number of H-pyrrole nitrogens is 1. The molecule has 1 aromatic heterocycles. The summed E-state index contributed by atoms with van der Waals surface area (Å²) < 4.78 is 10.5. The van der Waals surface area contributed by atoms with Gasteiger partial charge < -0.3 is 19.8 Å². The van der Waals surface area contributed by atoms with Crippen LogP contribution in [0.4, 0.5) is 0 Å². The number of carbonyl (C=O) groups is 1. The predicted molar refractivity (Wildman–Crippen MR) is 118 cm³/mol. The van der Waals surface area contributed by atoms with Gasteiger partial charge in [0, 0.05) is 48.4 Å². The molecule has 0 unspecified atom stereocenters. The van der Waals surface area contributed by atoms with Crippen molar-refractivity contribution in [3.05, 3.63) is 59.8 Å². The molecule has 3 aromatic rings. The maximum atomic E-state index is 12.7. The Morgan fingerprint density at radius 3 is 2.70 bits per heavy atom. The van der Waals surface area contributed by atoms with Gasteiger partial charge >= 0.3 is 0 Å². The molecular weight excluding hydrogens is 378 g/mol. The number of methoxy groups -OCH3 is 2. The number of aromatic amines is 1. The molecule has 1 saturated heterocycles. The molecule has 2 aromatic carbocycles. The first-order valence-corrected chi connectivity index (χ1v) is 10.4. The van der Waals surface area contributed by atoms with Crippen molar-refractivity contribution in [2.24, 2.45) is 5.92 Å². The fourth-order valence-corrected chi connectivity index (χ4v) is 4.24. The molecule has 2 heterocycles. The molecule has 158 valence electrons. The van der Waals surface area contributed by atoms with Crippen molar-refractivity contribution < 1.29 is 14.3 Å². The first-order valence-electron chi connectivity index (χ1n) is 10.4. The van der Waals surface area contributed by atoms with Crippen molar-refractivity contribution in [2.45, 2.75) is 19.4 Å². The van der Waals surface area contributed by atoms with Crippen LogP contribution in [0.1, 0.15) is 28.8 Å². The van der Waals surface area contributed by atoms with Crippen LogP contribution in [0.25, 0.3) is 10.9 Å². The van der Waals surface area contributed by atoms with E-state index in [0.29, 0.717) is 29.5 Å². The third-order valence-electron chi connectivity index (χ3n) is 5.84. The van der Waals surface area contributed by atoms with Gasteiger partial charge in [-0.3, -0.25) is 9.69 Å². The molecular formula is C24H29N3O3. The van der Waals surface area contributed by atoms with Crippen LogP contribution in [0.2, 0.25) is 0 Å². The topological polar surface area (TPSA) is 66.6 Å². The summed E-state index contributed by atoms with van der Waals surface area (Å²) in [5.74, 6) is 1.57. The number of hydrogen-bond donors (Lipinski definition) is 2. The highest BCUT2D eigenvalue weighted by atomic mass is 16.5. The van der Waals surface area contributed by atoms with Crippen LogP contribution in [-0.4, -0.2) is 49.6 Å². The van der Waals surface area contributed by atoms with Gasteiger partial charge in [0.1, 0.15) is 11.5 Å². The molecule has 1 aliphatic heterocycles. The fraction of sp³-hybridized carbons (Fsp3) is 0.375. The van der Waals surface area contributed by atoms with Gasteiger partial charge in [0.25, 0.3) is 5.91 Å². The minimum Gasteiger partial charge on any atom is -0.497 e. The number of rotatable bonds is 7. The molecule has 0 spiro atoms. The molecule has 1 fully saturated rings. The Hall–Kier alpha value is -2.99. The Kier molecular flexibility index (Phi) is 6.23. The number of hydrogen-bond acceptors (Lipinski definition) is 4. The highest BCUT2D eigenvalue weighted by molar-refractivity contribution is 5.95. The zero-order valence-electron chi connectivity index (χ0n) is 17.6. The maximum absolute atomic E-state index is 12.7. The van der Waals surface area contributed by atoms with Crippen LogP contribution in [0.15, 0.2) is 48.7 Å². The first kappa shape index (κ1) is 20.3. The number of nitrogens with zero attached hydrogens (tertiary/aromatic N) is 1. The molecule has 0 saturated carbocycles. The average Bonchev–Trinajstić information content (AvgIpc) is 3.20. The minimum absolute atomic E-state index is 0.0963. The van der Waals surface area contributed by atoms with E-state index in [0.717, 1.165) is 32.5 Å². The van der Waals surface area contributed by atoms with Gasteiger partial charge in [-0.2, -0.15) is 0 Å². The summed E-state index contributed by atoms with van der Waals surface area (Å²) in [5, 5.41) is 4.39. The number of fused-ring (bicyclic) bond motifs is 1. The van der Waals surface area contributed by atoms with Gasteiger partial charge in [-0.15, -0.1) is 0 Å². The number of carbonyl (C=O) groups excluding carboxylic acids is 1. The molecule has 1 aliphatic rings. The summed E-state index contributed by atoms with van der Waals surface area (Å²) in [7, 11) is 3.17. The number of para-hydroxylation sites is 1. The number of aromatic nitrogens is 1. The number of benzene rings is 2. The molecule has 0 bridgehead atoms. The van der Waals surface area contributed by atoms with Crippen LogP contribution in [0, 0.1) is 5.92 Å². The zero-order valence-corrected chi connectivity index (χ0v) is 17.6. The van der Waals surface area contributed by atoms with Crippen molar-refractivity contribution in [3.63, 3.8) is 0 Å². The summed E-state index contributed by atoms with van der Waals surface area (Å²) >= 11 is 0. The maximum Gasteiger partial charge on any atom is 0.251 e. The summed E-state index contributed by atoms with van der Waals surface area (Å²) in [6.45, 7) is 3.68. The third kappa shape index (κ3) is 4.60. The molecule has 1 atom stereocenters. The number of ether oxygens (including phenoxy) is 2. The van der Waals surface area contributed by atoms with E-state index in [1.165, 1.54) is 16.5 Å². The van der Waals surface area contributed by atoms with E-state index < -0.39 is 0 Å². The fourth-order valence-electron chi connectivity index (χ4n) is 4.24. The predicted octanol–water partition coefficient (Wildman–Crippen LogP) is 3.83. The summed E-state index contributed by atoms with van der Waals surface area (Å²) in [5.41, 5.74) is 3.07. The van der Waals surface area contributed by atoms with Crippen molar-refractivity contribution in [3.8, 4) is 11.5 Å². The average molecular weight is 408 g/mol. The molecule has 2 N–H and O–H groups in total. The number of piperidine rings is 1. The van der Waals surface area contributed by atoms with E-state index in [4.69, 9.17) is 9.47 Å². The van der Waals surface area contributed by atoms with E-state index in [9.17, 15) is 4.79 Å². The van der Waals surface area contributed by atoms with E-state index in [1.807, 2.05) is 0 Å². The Balaban J connectivity index is 1.34. The highest BCUT2D eigenvalue weighted by Gasteiger charge is 2.22. The Labute approximate surface area is 177 Å². The molecule has 4 rings (SSSR count). The SMILES string of the molecule is COc1cc(OC)cc(C(=O)NC[C@@H]2CCCN(Cc3c[nH]c4ccccc34)C2)c1. The molecule has 6 nitrogen and oxygen atoms in total. The summed E-state index contributed by atoms with van der Waals surface area (Å²) in [6.07, 6.45) is 4.40.